The van der Waals surface area contributed by atoms with Gasteiger partial charge in [0.25, 0.3) is 5.91 Å². The molecule has 1 aliphatic rings. The fourth-order valence-electron chi connectivity index (χ4n) is 4.50. The second kappa shape index (κ2) is 11.8. The van der Waals surface area contributed by atoms with Crippen molar-refractivity contribution in [3.8, 4) is 5.75 Å². The number of amides is 2. The summed E-state index contributed by atoms with van der Waals surface area (Å²) in [5, 5.41) is 0.656. The van der Waals surface area contributed by atoms with Gasteiger partial charge in [-0.25, -0.2) is 0 Å². The van der Waals surface area contributed by atoms with Gasteiger partial charge >= 0.3 is 0 Å². The minimum Gasteiger partial charge on any atom is -0.490 e. The molecule has 0 N–H and O–H groups in total. The zero-order chi connectivity index (χ0) is 26.4. The standard InChI is InChI=1S/C30H33ClN2O4/c1-22-8-7-11-25(16-22)29(35)33-14-15-37-30(20-33,21-36-26-12-13-27(31)23(2)17-26)18-28(34)32(3)19-24-9-5-4-6-10-24/h4-13,16-17H,14-15,18-21H2,1-3H3/t30-/m1/s1. The third-order valence-corrected chi connectivity index (χ3v) is 7.02. The number of carbonyl (C=O) groups excluding carboxylic acids is 2. The van der Waals surface area contributed by atoms with Crippen LogP contribution in [0.3, 0.4) is 0 Å². The number of hydrogen-bond acceptors (Lipinski definition) is 4. The smallest absolute Gasteiger partial charge is 0.254 e. The molecular weight excluding hydrogens is 488 g/mol. The Labute approximate surface area is 223 Å². The number of nitrogens with zero attached hydrogens (tertiary/aromatic N) is 2. The van der Waals surface area contributed by atoms with Gasteiger partial charge in [-0.2, -0.15) is 0 Å². The molecular formula is C30H33ClN2O4. The van der Waals surface area contributed by atoms with Crippen molar-refractivity contribution in [2.24, 2.45) is 0 Å². The van der Waals surface area contributed by atoms with Gasteiger partial charge in [0.2, 0.25) is 5.91 Å². The summed E-state index contributed by atoms with van der Waals surface area (Å²) in [6, 6.07) is 22.8. The summed E-state index contributed by atoms with van der Waals surface area (Å²) in [5.41, 5.74) is 2.59. The molecule has 0 bridgehead atoms. The van der Waals surface area contributed by atoms with Crippen LogP contribution < -0.4 is 4.74 Å². The molecule has 1 saturated heterocycles. The predicted octanol–water partition coefficient (Wildman–Crippen LogP) is 5.30. The van der Waals surface area contributed by atoms with Crippen LogP contribution in [0.5, 0.6) is 5.75 Å². The zero-order valence-corrected chi connectivity index (χ0v) is 22.3. The van der Waals surface area contributed by atoms with Gasteiger partial charge in [-0.15, -0.1) is 0 Å². The lowest BCUT2D eigenvalue weighted by Gasteiger charge is -2.42. The number of ether oxygens (including phenoxy) is 2. The minimum atomic E-state index is -0.993. The van der Waals surface area contributed by atoms with Crippen molar-refractivity contribution in [3.63, 3.8) is 0 Å². The van der Waals surface area contributed by atoms with Crippen LogP contribution in [0.25, 0.3) is 0 Å². The van der Waals surface area contributed by atoms with Crippen molar-refractivity contribution in [1.82, 2.24) is 9.80 Å². The minimum absolute atomic E-state index is 0.0791. The number of hydrogen-bond donors (Lipinski definition) is 0. The number of morpholine rings is 1. The van der Waals surface area contributed by atoms with E-state index in [1.165, 1.54) is 0 Å². The largest absolute Gasteiger partial charge is 0.490 e. The first-order chi connectivity index (χ1) is 17.7. The molecule has 1 fully saturated rings. The number of benzene rings is 3. The van der Waals surface area contributed by atoms with Crippen molar-refractivity contribution in [3.05, 3.63) is 100 Å². The Morgan fingerprint density at radius 1 is 1.05 bits per heavy atom. The Morgan fingerprint density at radius 3 is 2.57 bits per heavy atom. The van der Waals surface area contributed by atoms with E-state index in [1.54, 1.807) is 29.0 Å². The van der Waals surface area contributed by atoms with E-state index in [0.717, 1.165) is 16.7 Å². The van der Waals surface area contributed by atoms with Crippen LogP contribution in [0.4, 0.5) is 0 Å². The molecule has 3 aromatic carbocycles. The summed E-state index contributed by atoms with van der Waals surface area (Å²) in [4.78, 5) is 30.2. The summed E-state index contributed by atoms with van der Waals surface area (Å²) < 4.78 is 12.4. The van der Waals surface area contributed by atoms with Gasteiger partial charge in [-0.1, -0.05) is 59.6 Å². The molecule has 194 valence electrons. The van der Waals surface area contributed by atoms with Crippen LogP contribution in [-0.2, 0) is 16.1 Å². The van der Waals surface area contributed by atoms with E-state index >= 15 is 0 Å². The molecule has 0 spiro atoms. The van der Waals surface area contributed by atoms with Gasteiger partial charge in [0.05, 0.1) is 19.6 Å². The van der Waals surface area contributed by atoms with Crippen molar-refractivity contribution in [2.75, 3.05) is 33.4 Å². The van der Waals surface area contributed by atoms with Gasteiger partial charge in [0.1, 0.15) is 18.0 Å². The molecule has 1 aliphatic heterocycles. The predicted molar refractivity (Wildman–Crippen MR) is 145 cm³/mol. The van der Waals surface area contributed by atoms with E-state index in [4.69, 9.17) is 21.1 Å². The van der Waals surface area contributed by atoms with Gasteiger partial charge in [-0.3, -0.25) is 9.59 Å². The summed E-state index contributed by atoms with van der Waals surface area (Å²) in [5.74, 6) is 0.477. The monoisotopic (exact) mass is 520 g/mol. The van der Waals surface area contributed by atoms with E-state index in [2.05, 4.69) is 0 Å². The van der Waals surface area contributed by atoms with E-state index in [-0.39, 0.29) is 31.4 Å². The van der Waals surface area contributed by atoms with Crippen molar-refractivity contribution in [2.45, 2.75) is 32.4 Å². The summed E-state index contributed by atoms with van der Waals surface area (Å²) in [6.45, 7) is 5.49. The molecule has 0 radical (unpaired) electrons. The van der Waals surface area contributed by atoms with E-state index in [9.17, 15) is 9.59 Å². The van der Waals surface area contributed by atoms with Crippen LogP contribution in [0, 0.1) is 13.8 Å². The maximum absolute atomic E-state index is 13.4. The molecule has 0 aromatic heterocycles. The lowest BCUT2D eigenvalue weighted by atomic mass is 9.96. The molecule has 2 amide bonds. The third kappa shape index (κ3) is 6.90. The SMILES string of the molecule is Cc1cccc(C(=O)N2CCO[C@](COc3ccc(Cl)c(C)c3)(CC(=O)N(C)Cc3ccccc3)C2)c1. The summed E-state index contributed by atoms with van der Waals surface area (Å²) in [6.07, 6.45) is 0.0838. The fourth-order valence-corrected chi connectivity index (χ4v) is 4.62. The molecule has 7 heteroatoms. The van der Waals surface area contributed by atoms with Gasteiger partial charge < -0.3 is 19.3 Å². The van der Waals surface area contributed by atoms with Crippen LogP contribution in [0.2, 0.25) is 5.02 Å². The molecule has 6 nitrogen and oxygen atoms in total. The Morgan fingerprint density at radius 2 is 1.84 bits per heavy atom. The molecule has 0 saturated carbocycles. The first kappa shape index (κ1) is 26.7. The molecule has 1 heterocycles. The van der Waals surface area contributed by atoms with Crippen LogP contribution >= 0.6 is 11.6 Å². The van der Waals surface area contributed by atoms with Crippen LogP contribution in [0.1, 0.15) is 33.5 Å². The normalized spacial score (nSPS) is 17.4. The number of rotatable bonds is 8. The highest BCUT2D eigenvalue weighted by Crippen LogP contribution is 2.28. The molecule has 4 rings (SSSR count). The van der Waals surface area contributed by atoms with Crippen LogP contribution in [-0.4, -0.2) is 60.6 Å². The Balaban J connectivity index is 1.54. The molecule has 37 heavy (non-hydrogen) atoms. The highest BCUT2D eigenvalue weighted by atomic mass is 35.5. The third-order valence-electron chi connectivity index (χ3n) is 6.59. The van der Waals surface area contributed by atoms with E-state index in [0.29, 0.717) is 36.0 Å². The Hall–Kier alpha value is -3.35. The highest BCUT2D eigenvalue weighted by molar-refractivity contribution is 6.31. The average molecular weight is 521 g/mol. The topological polar surface area (TPSA) is 59.1 Å². The second-order valence-corrected chi connectivity index (χ2v) is 10.1. The van der Waals surface area contributed by atoms with E-state index < -0.39 is 5.60 Å². The zero-order valence-electron chi connectivity index (χ0n) is 21.6. The lowest BCUT2D eigenvalue weighted by Crippen LogP contribution is -2.58. The van der Waals surface area contributed by atoms with Crippen LogP contribution in [0.15, 0.2) is 72.8 Å². The molecule has 0 unspecified atom stereocenters. The van der Waals surface area contributed by atoms with Gasteiger partial charge in [-0.05, 0) is 55.3 Å². The lowest BCUT2D eigenvalue weighted by molar-refractivity contribution is -0.152. The Bertz CT molecular complexity index is 1250. The van der Waals surface area contributed by atoms with E-state index in [1.807, 2.05) is 74.5 Å². The molecule has 3 aromatic rings. The average Bonchev–Trinajstić information content (AvgIpc) is 2.89. The number of aryl methyl sites for hydroxylation is 2. The summed E-state index contributed by atoms with van der Waals surface area (Å²) >= 11 is 6.18. The first-order valence-corrected chi connectivity index (χ1v) is 12.8. The van der Waals surface area contributed by atoms with Crippen molar-refractivity contribution >= 4 is 23.4 Å². The summed E-state index contributed by atoms with van der Waals surface area (Å²) in [7, 11) is 1.78. The molecule has 1 atom stereocenters. The molecule has 0 aliphatic carbocycles. The van der Waals surface area contributed by atoms with Crippen molar-refractivity contribution in [1.29, 1.82) is 0 Å². The fraction of sp³-hybridized carbons (Fsp3) is 0.333. The maximum atomic E-state index is 13.4. The Kier molecular flexibility index (Phi) is 8.52. The first-order valence-electron chi connectivity index (χ1n) is 12.4. The van der Waals surface area contributed by atoms with Gasteiger partial charge in [0, 0.05) is 30.7 Å². The number of carbonyl (C=O) groups is 2. The van der Waals surface area contributed by atoms with Crippen molar-refractivity contribution < 1.29 is 19.1 Å². The second-order valence-electron chi connectivity index (χ2n) is 9.74. The maximum Gasteiger partial charge on any atom is 0.254 e. The number of halogens is 1. The van der Waals surface area contributed by atoms with Gasteiger partial charge in [0.15, 0.2) is 0 Å². The quantitative estimate of drug-likeness (QED) is 0.404. The highest BCUT2D eigenvalue weighted by Gasteiger charge is 2.42.